The number of para-hydroxylation sites is 1. The van der Waals surface area contributed by atoms with Crippen LogP contribution in [0.5, 0.6) is 0 Å². The van der Waals surface area contributed by atoms with Crippen molar-refractivity contribution in [3.8, 4) is 0 Å². The van der Waals surface area contributed by atoms with Gasteiger partial charge in [-0.3, -0.25) is 4.79 Å². The fourth-order valence-electron chi connectivity index (χ4n) is 3.46. The minimum atomic E-state index is 0.0292. The molecule has 128 valence electrons. The highest BCUT2D eigenvalue weighted by Gasteiger charge is 2.24. The van der Waals surface area contributed by atoms with Crippen LogP contribution in [0.4, 0.5) is 5.69 Å². The maximum atomic E-state index is 12.4. The van der Waals surface area contributed by atoms with Crippen molar-refractivity contribution in [3.63, 3.8) is 0 Å². The van der Waals surface area contributed by atoms with E-state index in [0.29, 0.717) is 13.0 Å². The van der Waals surface area contributed by atoms with Gasteiger partial charge in [-0.05, 0) is 36.3 Å². The van der Waals surface area contributed by atoms with E-state index in [2.05, 4.69) is 23.5 Å². The number of fused-ring (bicyclic) bond motifs is 2. The molecule has 3 rings (SSSR count). The average molecular weight is 333 g/mol. The number of rotatable bonds is 4. The van der Waals surface area contributed by atoms with E-state index in [1.807, 2.05) is 42.3 Å². The summed E-state index contributed by atoms with van der Waals surface area (Å²) in [5.74, 6) is 0.0292. The summed E-state index contributed by atoms with van der Waals surface area (Å²) in [6.07, 6.45) is 2.85. The van der Waals surface area contributed by atoms with Gasteiger partial charge in [-0.15, -0.1) is 0 Å². The molecule has 0 unspecified atom stereocenters. The molecule has 2 N–H and O–H groups in total. The molecule has 2 aromatic rings. The number of hydrogen-bond donors (Lipinski definition) is 2. The van der Waals surface area contributed by atoms with E-state index < -0.39 is 0 Å². The minimum absolute atomic E-state index is 0.0292. The van der Waals surface area contributed by atoms with E-state index in [9.17, 15) is 4.79 Å². The highest BCUT2D eigenvalue weighted by Crippen LogP contribution is 2.38. The predicted molar refractivity (Wildman–Crippen MR) is 104 cm³/mol. The molecule has 1 amide bonds. The summed E-state index contributed by atoms with van der Waals surface area (Å²) in [5.41, 5.74) is 6.43. The first-order valence-corrected chi connectivity index (χ1v) is 8.53. The van der Waals surface area contributed by atoms with Crippen LogP contribution in [-0.2, 0) is 11.3 Å². The lowest BCUT2D eigenvalue weighted by molar-refractivity contribution is -0.116. The Morgan fingerprint density at radius 3 is 2.52 bits per heavy atom. The van der Waals surface area contributed by atoms with Gasteiger partial charge in [-0.2, -0.15) is 0 Å². The van der Waals surface area contributed by atoms with Crippen LogP contribution in [-0.4, -0.2) is 19.2 Å². The summed E-state index contributed by atoms with van der Waals surface area (Å²) < 4.78 is 0. The Morgan fingerprint density at radius 2 is 1.84 bits per heavy atom. The third kappa shape index (κ3) is 3.20. The Hall–Kier alpha value is -2.88. The molecule has 0 bridgehead atoms. The third-order valence-electron chi connectivity index (χ3n) is 4.61. The molecule has 0 fully saturated rings. The minimum Gasteiger partial charge on any atom is -0.387 e. The van der Waals surface area contributed by atoms with Crippen LogP contribution in [0.3, 0.4) is 0 Å². The Labute approximate surface area is 148 Å². The normalized spacial score (nSPS) is 16.3. The number of nitrogens with zero attached hydrogens (tertiary/aromatic N) is 1. The van der Waals surface area contributed by atoms with Crippen LogP contribution in [0.25, 0.3) is 11.3 Å². The lowest BCUT2D eigenvalue weighted by Crippen LogP contribution is -2.30. The first-order valence-electron chi connectivity index (χ1n) is 8.53. The van der Waals surface area contributed by atoms with Gasteiger partial charge in [0.25, 0.3) is 0 Å². The van der Waals surface area contributed by atoms with E-state index in [1.54, 1.807) is 6.92 Å². The quantitative estimate of drug-likeness (QED) is 0.829. The molecule has 0 radical (unpaired) electrons. The smallest absolute Gasteiger partial charge is 0.224 e. The largest absolute Gasteiger partial charge is 0.387 e. The third-order valence-corrected chi connectivity index (χ3v) is 4.61. The Bertz CT molecular complexity index is 839. The van der Waals surface area contributed by atoms with E-state index >= 15 is 0 Å². The van der Waals surface area contributed by atoms with E-state index in [0.717, 1.165) is 40.1 Å². The first kappa shape index (κ1) is 17.0. The average Bonchev–Trinajstić information content (AvgIpc) is 2.62. The van der Waals surface area contributed by atoms with Gasteiger partial charge in [0.1, 0.15) is 0 Å². The maximum Gasteiger partial charge on any atom is 0.224 e. The number of carbonyl (C=O) groups is 1. The number of anilines is 1. The molecular formula is C21H23N3O. The Kier molecular flexibility index (Phi) is 4.98. The van der Waals surface area contributed by atoms with Gasteiger partial charge in [0.15, 0.2) is 0 Å². The van der Waals surface area contributed by atoms with Crippen LogP contribution >= 0.6 is 0 Å². The van der Waals surface area contributed by atoms with Crippen molar-refractivity contribution in [2.24, 2.45) is 0 Å². The number of allylic oxidation sites excluding steroid dienone is 1. The maximum absolute atomic E-state index is 12.4. The molecule has 4 heteroatoms. The predicted octanol–water partition coefficient (Wildman–Crippen LogP) is 4.07. The molecule has 0 aliphatic carbocycles. The summed E-state index contributed by atoms with van der Waals surface area (Å²) in [6, 6.07) is 16.2. The zero-order valence-corrected chi connectivity index (χ0v) is 14.7. The Balaban J connectivity index is 2.34. The highest BCUT2D eigenvalue weighted by molar-refractivity contribution is 6.01. The van der Waals surface area contributed by atoms with Gasteiger partial charge in [0, 0.05) is 30.8 Å². The molecule has 1 aliphatic heterocycles. The van der Waals surface area contributed by atoms with Crippen molar-refractivity contribution in [1.29, 1.82) is 5.41 Å². The zero-order chi connectivity index (χ0) is 17.8. The molecule has 1 heterocycles. The number of benzene rings is 2. The summed E-state index contributed by atoms with van der Waals surface area (Å²) in [7, 11) is 1.93. The van der Waals surface area contributed by atoms with Crippen molar-refractivity contribution in [3.05, 3.63) is 65.2 Å². The van der Waals surface area contributed by atoms with Crippen molar-refractivity contribution in [1.82, 2.24) is 5.32 Å². The van der Waals surface area contributed by atoms with E-state index in [4.69, 9.17) is 5.41 Å². The highest BCUT2D eigenvalue weighted by atomic mass is 16.2. The summed E-state index contributed by atoms with van der Waals surface area (Å²) in [5, 5.41) is 10.8. The van der Waals surface area contributed by atoms with Crippen LogP contribution < -0.4 is 10.2 Å². The fourth-order valence-corrected chi connectivity index (χ4v) is 3.46. The second kappa shape index (κ2) is 7.34. The molecule has 0 saturated heterocycles. The molecule has 4 nitrogen and oxygen atoms in total. The van der Waals surface area contributed by atoms with Gasteiger partial charge in [0.05, 0.1) is 12.2 Å². The zero-order valence-electron chi connectivity index (χ0n) is 14.7. The molecule has 0 spiro atoms. The Morgan fingerprint density at radius 1 is 1.16 bits per heavy atom. The second-order valence-corrected chi connectivity index (χ2v) is 6.13. The first-order chi connectivity index (χ1) is 12.2. The summed E-state index contributed by atoms with van der Waals surface area (Å²) >= 11 is 0. The van der Waals surface area contributed by atoms with Gasteiger partial charge < -0.3 is 15.6 Å². The van der Waals surface area contributed by atoms with Gasteiger partial charge in [-0.25, -0.2) is 0 Å². The standard InChI is InChI=1S/C21H23N3O/c1-15(25)24-14-16-8-3-4-9-17(16)21(23-2)19(11-7-13-22)18-10-5-6-12-20(18)24/h3-6,8-10,12-13,22-23H,7,11,14H2,1-2H3/b21-19+,22-13?. The lowest BCUT2D eigenvalue weighted by atomic mass is 9.90. The number of nitrogens with one attached hydrogen (secondary N) is 2. The fraction of sp³-hybridized carbons (Fsp3) is 0.238. The van der Waals surface area contributed by atoms with Crippen LogP contribution in [0.2, 0.25) is 0 Å². The molecule has 0 saturated carbocycles. The van der Waals surface area contributed by atoms with Crippen LogP contribution in [0.15, 0.2) is 48.5 Å². The van der Waals surface area contributed by atoms with Crippen molar-refractivity contribution in [2.75, 3.05) is 11.9 Å². The monoisotopic (exact) mass is 333 g/mol. The molecule has 2 aromatic carbocycles. The second-order valence-electron chi connectivity index (χ2n) is 6.13. The number of carbonyl (C=O) groups excluding carboxylic acids is 1. The van der Waals surface area contributed by atoms with Crippen molar-refractivity contribution < 1.29 is 4.79 Å². The van der Waals surface area contributed by atoms with Crippen LogP contribution in [0, 0.1) is 5.41 Å². The molecule has 25 heavy (non-hydrogen) atoms. The molecule has 0 atom stereocenters. The van der Waals surface area contributed by atoms with E-state index in [-0.39, 0.29) is 5.91 Å². The van der Waals surface area contributed by atoms with Gasteiger partial charge >= 0.3 is 0 Å². The van der Waals surface area contributed by atoms with E-state index in [1.165, 1.54) is 6.21 Å². The summed E-state index contributed by atoms with van der Waals surface area (Å²) in [6.45, 7) is 2.16. The topological polar surface area (TPSA) is 56.2 Å². The molecule has 0 aromatic heterocycles. The van der Waals surface area contributed by atoms with Crippen molar-refractivity contribution >= 4 is 29.1 Å². The summed E-state index contributed by atoms with van der Waals surface area (Å²) in [4.78, 5) is 14.2. The number of amides is 1. The molecular weight excluding hydrogens is 310 g/mol. The molecule has 1 aliphatic rings. The van der Waals surface area contributed by atoms with Gasteiger partial charge in [0.2, 0.25) is 5.91 Å². The number of hydrogen-bond acceptors (Lipinski definition) is 3. The SMILES string of the molecule is CN/C1=C(\CCC=N)c2ccccc2N(C(C)=O)Cc2ccccc21. The lowest BCUT2D eigenvalue weighted by Gasteiger charge is -2.30. The van der Waals surface area contributed by atoms with Gasteiger partial charge in [-0.1, -0.05) is 42.5 Å². The van der Waals surface area contributed by atoms with Crippen molar-refractivity contribution in [2.45, 2.75) is 26.3 Å². The van der Waals surface area contributed by atoms with Crippen LogP contribution in [0.1, 0.15) is 36.5 Å².